The van der Waals surface area contributed by atoms with E-state index in [9.17, 15) is 19.2 Å². The molecule has 0 aromatic rings. The lowest BCUT2D eigenvalue weighted by Crippen LogP contribution is -2.53. The van der Waals surface area contributed by atoms with Crippen molar-refractivity contribution in [3.8, 4) is 0 Å². The molecule has 0 bridgehead atoms. The first-order valence-corrected chi connectivity index (χ1v) is 7.36. The first kappa shape index (κ1) is 18.5. The Hall–Kier alpha value is -2.50. The van der Waals surface area contributed by atoms with E-state index in [0.29, 0.717) is 11.9 Å². The van der Waals surface area contributed by atoms with Gasteiger partial charge in [-0.15, -0.1) is 0 Å². The molecule has 0 aromatic heterocycles. The number of piperidine rings is 1. The molecule has 23 heavy (non-hydrogen) atoms. The molecule has 1 aliphatic heterocycles. The maximum Gasteiger partial charge on any atom is 0.254 e. The zero-order chi connectivity index (χ0) is 17.7. The van der Waals surface area contributed by atoms with E-state index in [2.05, 4.69) is 18.5 Å². The number of hydrogen-bond acceptors (Lipinski definition) is 4. The van der Waals surface area contributed by atoms with Crippen LogP contribution in [0.3, 0.4) is 0 Å². The molecular formula is C17H22N2O4. The summed E-state index contributed by atoms with van der Waals surface area (Å²) in [6.45, 7) is 11.2. The molecule has 0 aromatic carbocycles. The summed E-state index contributed by atoms with van der Waals surface area (Å²) in [4.78, 5) is 48.4. The topological polar surface area (TPSA) is 83.6 Å². The van der Waals surface area contributed by atoms with Crippen LogP contribution in [0.1, 0.15) is 26.7 Å². The van der Waals surface area contributed by atoms with E-state index < -0.39 is 17.9 Å². The Morgan fingerprint density at radius 3 is 2.39 bits per heavy atom. The summed E-state index contributed by atoms with van der Waals surface area (Å²) < 4.78 is 0. The highest BCUT2D eigenvalue weighted by Gasteiger charge is 2.33. The molecule has 1 fully saturated rings. The Kier molecular flexibility index (Phi) is 6.18. The van der Waals surface area contributed by atoms with Gasteiger partial charge in [-0.05, 0) is 17.9 Å². The molecule has 3 amide bonds. The number of amides is 3. The van der Waals surface area contributed by atoms with Gasteiger partial charge in [0.2, 0.25) is 11.8 Å². The molecule has 6 heteroatoms. The summed E-state index contributed by atoms with van der Waals surface area (Å²) in [7, 11) is 1.46. The quantitative estimate of drug-likeness (QED) is 0.344. The smallest absolute Gasteiger partial charge is 0.254 e. The molecule has 1 N–H and O–H groups in total. The number of carbonyl (C=O) groups is 4. The predicted octanol–water partition coefficient (Wildman–Crippen LogP) is 1.14. The van der Waals surface area contributed by atoms with Crippen LogP contribution >= 0.6 is 0 Å². The lowest BCUT2D eigenvalue weighted by molar-refractivity contribution is -0.142. The third-order valence-corrected chi connectivity index (χ3v) is 3.88. The first-order valence-electron chi connectivity index (χ1n) is 7.36. The second kappa shape index (κ2) is 7.67. The molecule has 1 unspecified atom stereocenters. The van der Waals surface area contributed by atoms with Gasteiger partial charge in [-0.3, -0.25) is 24.5 Å². The van der Waals surface area contributed by atoms with Crippen molar-refractivity contribution in [2.75, 3.05) is 7.05 Å². The van der Waals surface area contributed by atoms with E-state index >= 15 is 0 Å². The van der Waals surface area contributed by atoms with Gasteiger partial charge < -0.3 is 4.90 Å². The Bertz CT molecular complexity index is 602. The van der Waals surface area contributed by atoms with E-state index in [1.807, 2.05) is 13.8 Å². The van der Waals surface area contributed by atoms with E-state index in [1.54, 1.807) is 0 Å². The van der Waals surface area contributed by atoms with E-state index in [-0.39, 0.29) is 35.8 Å². The van der Waals surface area contributed by atoms with Crippen LogP contribution in [0.25, 0.3) is 0 Å². The monoisotopic (exact) mass is 318 g/mol. The number of imide groups is 1. The maximum absolute atomic E-state index is 12.7. The third kappa shape index (κ3) is 4.03. The van der Waals surface area contributed by atoms with Crippen molar-refractivity contribution in [1.29, 1.82) is 0 Å². The third-order valence-electron chi connectivity index (χ3n) is 3.88. The van der Waals surface area contributed by atoms with Gasteiger partial charge in [-0.25, -0.2) is 0 Å². The van der Waals surface area contributed by atoms with Crippen LogP contribution in [-0.2, 0) is 19.2 Å². The van der Waals surface area contributed by atoms with Crippen molar-refractivity contribution in [2.24, 2.45) is 5.92 Å². The minimum Gasteiger partial charge on any atom is -0.330 e. The minimum absolute atomic E-state index is 0.0149. The number of nitrogens with one attached hydrogen (secondary N) is 1. The van der Waals surface area contributed by atoms with E-state index in [0.717, 1.165) is 0 Å². The Balaban J connectivity index is 3.15. The van der Waals surface area contributed by atoms with Crippen molar-refractivity contribution in [3.05, 3.63) is 36.0 Å². The van der Waals surface area contributed by atoms with Crippen LogP contribution in [0.4, 0.5) is 0 Å². The number of aldehydes is 1. The maximum atomic E-state index is 12.7. The Morgan fingerprint density at radius 2 is 1.96 bits per heavy atom. The van der Waals surface area contributed by atoms with Crippen molar-refractivity contribution < 1.29 is 19.2 Å². The molecule has 0 radical (unpaired) electrons. The second-order valence-corrected chi connectivity index (χ2v) is 5.71. The Morgan fingerprint density at radius 1 is 1.35 bits per heavy atom. The van der Waals surface area contributed by atoms with Gasteiger partial charge in [-0.2, -0.15) is 0 Å². The molecule has 1 rings (SSSR count). The predicted molar refractivity (Wildman–Crippen MR) is 86.2 cm³/mol. The standard InChI is InChI=1S/C17H22N2O4/c1-6-12(13(9-20)11(4)10(2)3)17(23)19(5)14-7-8-15(21)18-16(14)22/h6,9-10,14H,1,4,7-8H2,2-3,5H3,(H,18,21,22)/b13-12+. The highest BCUT2D eigenvalue weighted by molar-refractivity contribution is 6.07. The van der Waals surface area contributed by atoms with Gasteiger partial charge in [0.05, 0.1) is 0 Å². The van der Waals surface area contributed by atoms with Crippen molar-refractivity contribution in [1.82, 2.24) is 10.2 Å². The Labute approximate surface area is 135 Å². The summed E-state index contributed by atoms with van der Waals surface area (Å²) >= 11 is 0. The van der Waals surface area contributed by atoms with Crippen molar-refractivity contribution in [2.45, 2.75) is 32.7 Å². The molecule has 0 saturated carbocycles. The largest absolute Gasteiger partial charge is 0.330 e. The minimum atomic E-state index is -0.754. The van der Waals surface area contributed by atoms with Gasteiger partial charge in [0.1, 0.15) is 6.04 Å². The number of rotatable bonds is 6. The van der Waals surface area contributed by atoms with Gasteiger partial charge >= 0.3 is 0 Å². The van der Waals surface area contributed by atoms with Crippen LogP contribution in [0.2, 0.25) is 0 Å². The summed E-state index contributed by atoms with van der Waals surface area (Å²) in [6.07, 6.45) is 2.29. The van der Waals surface area contributed by atoms with Gasteiger partial charge in [0, 0.05) is 24.6 Å². The van der Waals surface area contributed by atoms with Gasteiger partial charge in [-0.1, -0.05) is 33.1 Å². The lowest BCUT2D eigenvalue weighted by atomic mass is 9.92. The van der Waals surface area contributed by atoms with E-state index in [4.69, 9.17) is 0 Å². The first-order chi connectivity index (χ1) is 10.7. The number of likely N-dealkylation sites (N-methyl/N-ethyl adjacent to an activating group) is 1. The van der Waals surface area contributed by atoms with Crippen LogP contribution < -0.4 is 5.32 Å². The summed E-state index contributed by atoms with van der Waals surface area (Å²) in [5, 5.41) is 2.21. The SMILES string of the molecule is C=C/C(C(=O)N(C)C1CCC(=O)NC1=O)=C(/C=O)C(=C)C(C)C. The van der Waals surface area contributed by atoms with E-state index in [1.165, 1.54) is 18.0 Å². The number of allylic oxidation sites excluding steroid dienone is 2. The normalized spacial score (nSPS) is 18.9. The molecule has 124 valence electrons. The molecular weight excluding hydrogens is 296 g/mol. The van der Waals surface area contributed by atoms with Crippen molar-refractivity contribution >= 4 is 24.0 Å². The average Bonchev–Trinajstić information content (AvgIpc) is 2.50. The second-order valence-electron chi connectivity index (χ2n) is 5.71. The zero-order valence-corrected chi connectivity index (χ0v) is 13.7. The average molecular weight is 318 g/mol. The van der Waals surface area contributed by atoms with Gasteiger partial charge in [0.25, 0.3) is 5.91 Å². The number of nitrogens with zero attached hydrogens (tertiary/aromatic N) is 1. The van der Waals surface area contributed by atoms with Crippen LogP contribution in [0, 0.1) is 5.92 Å². The lowest BCUT2D eigenvalue weighted by Gasteiger charge is -2.30. The molecule has 1 saturated heterocycles. The fourth-order valence-electron chi connectivity index (χ4n) is 2.32. The summed E-state index contributed by atoms with van der Waals surface area (Å²) in [6, 6.07) is -0.754. The summed E-state index contributed by atoms with van der Waals surface area (Å²) in [5.74, 6) is -1.39. The molecule has 0 spiro atoms. The number of carbonyl (C=O) groups excluding carboxylic acids is 4. The highest BCUT2D eigenvalue weighted by Crippen LogP contribution is 2.22. The fraction of sp³-hybridized carbons (Fsp3) is 0.412. The molecule has 1 atom stereocenters. The molecule has 1 aliphatic rings. The van der Waals surface area contributed by atoms with Crippen LogP contribution in [-0.4, -0.2) is 42.0 Å². The number of hydrogen-bond donors (Lipinski definition) is 1. The zero-order valence-electron chi connectivity index (χ0n) is 13.7. The van der Waals surface area contributed by atoms with Crippen LogP contribution in [0.15, 0.2) is 36.0 Å². The molecule has 1 heterocycles. The highest BCUT2D eigenvalue weighted by atomic mass is 16.2. The van der Waals surface area contributed by atoms with Crippen LogP contribution in [0.5, 0.6) is 0 Å². The molecule has 6 nitrogen and oxygen atoms in total. The fourth-order valence-corrected chi connectivity index (χ4v) is 2.32. The van der Waals surface area contributed by atoms with Gasteiger partial charge in [0.15, 0.2) is 6.29 Å². The summed E-state index contributed by atoms with van der Waals surface area (Å²) in [5.41, 5.74) is 0.810. The van der Waals surface area contributed by atoms with Crippen molar-refractivity contribution in [3.63, 3.8) is 0 Å². The molecule has 0 aliphatic carbocycles.